The largest absolute Gasteiger partial charge is 0.494 e. The molecular weight excluding hydrogens is 249 g/mol. The average molecular weight is 269 g/mol. The zero-order valence-electron chi connectivity index (χ0n) is 11.1. The van der Waals surface area contributed by atoms with Crippen LogP contribution >= 0.6 is 0 Å². The van der Waals surface area contributed by atoms with Gasteiger partial charge in [-0.15, -0.1) is 0 Å². The Balaban J connectivity index is 2.10. The van der Waals surface area contributed by atoms with E-state index >= 15 is 0 Å². The van der Waals surface area contributed by atoms with Crippen molar-refractivity contribution in [2.75, 3.05) is 19.8 Å². The predicted molar refractivity (Wildman–Crippen MR) is 70.4 cm³/mol. The lowest BCUT2D eigenvalue weighted by Crippen LogP contribution is -2.29. The van der Waals surface area contributed by atoms with Crippen LogP contribution in [-0.4, -0.2) is 30.8 Å². The van der Waals surface area contributed by atoms with Crippen LogP contribution in [0, 0.1) is 11.7 Å². The summed E-state index contributed by atoms with van der Waals surface area (Å²) in [7, 11) is 0. The molecule has 0 aliphatic carbocycles. The third kappa shape index (κ3) is 6.76. The van der Waals surface area contributed by atoms with E-state index in [1.807, 2.05) is 6.92 Å². The summed E-state index contributed by atoms with van der Waals surface area (Å²) in [6.45, 7) is 2.81. The highest BCUT2D eigenvalue weighted by molar-refractivity contribution is 5.75. The van der Waals surface area contributed by atoms with Gasteiger partial charge in [-0.1, -0.05) is 6.92 Å². The molecule has 2 N–H and O–H groups in total. The van der Waals surface area contributed by atoms with Gasteiger partial charge in [0.15, 0.2) is 0 Å². The number of aliphatic hydroxyl groups is 1. The number of benzene rings is 1. The molecule has 0 saturated heterocycles. The van der Waals surface area contributed by atoms with Gasteiger partial charge in [-0.25, -0.2) is 4.39 Å². The lowest BCUT2D eigenvalue weighted by atomic mass is 10.2. The molecule has 0 fully saturated rings. The third-order valence-corrected chi connectivity index (χ3v) is 2.59. The number of hydrogen-bond donors (Lipinski definition) is 2. The maximum absolute atomic E-state index is 12.6. The Kier molecular flexibility index (Phi) is 6.89. The smallest absolute Gasteiger partial charge is 0.220 e. The molecule has 1 rings (SSSR count). The molecule has 106 valence electrons. The van der Waals surface area contributed by atoms with Crippen LogP contribution in [0.3, 0.4) is 0 Å². The molecule has 0 saturated carbocycles. The molecule has 0 bridgehead atoms. The predicted octanol–water partition coefficient (Wildman–Crippen LogP) is 1.73. The quantitative estimate of drug-likeness (QED) is 0.707. The van der Waals surface area contributed by atoms with Gasteiger partial charge in [0, 0.05) is 19.6 Å². The maximum atomic E-state index is 12.6. The fraction of sp³-hybridized carbons (Fsp3) is 0.500. The molecular formula is C14H20FNO3. The molecule has 1 aromatic rings. The molecule has 1 atom stereocenters. The summed E-state index contributed by atoms with van der Waals surface area (Å²) in [4.78, 5) is 11.4. The van der Waals surface area contributed by atoms with Gasteiger partial charge in [0.05, 0.1) is 6.61 Å². The Morgan fingerprint density at radius 2 is 2.11 bits per heavy atom. The molecule has 0 aromatic heterocycles. The molecule has 1 unspecified atom stereocenters. The van der Waals surface area contributed by atoms with Crippen LogP contribution in [0.1, 0.15) is 19.8 Å². The lowest BCUT2D eigenvalue weighted by molar-refractivity contribution is -0.121. The number of carbonyl (C=O) groups is 1. The van der Waals surface area contributed by atoms with Gasteiger partial charge < -0.3 is 15.2 Å². The maximum Gasteiger partial charge on any atom is 0.220 e. The lowest BCUT2D eigenvalue weighted by Gasteiger charge is -2.10. The number of halogens is 1. The van der Waals surface area contributed by atoms with Crippen LogP contribution in [0.2, 0.25) is 0 Å². The van der Waals surface area contributed by atoms with Crippen molar-refractivity contribution < 1.29 is 19.0 Å². The summed E-state index contributed by atoms with van der Waals surface area (Å²) in [5.74, 6) is 0.308. The summed E-state index contributed by atoms with van der Waals surface area (Å²) < 4.78 is 18.0. The summed E-state index contributed by atoms with van der Waals surface area (Å²) in [5.41, 5.74) is 0. The van der Waals surface area contributed by atoms with E-state index in [1.54, 1.807) is 12.1 Å². The Morgan fingerprint density at radius 3 is 2.74 bits per heavy atom. The minimum Gasteiger partial charge on any atom is -0.494 e. The van der Waals surface area contributed by atoms with Crippen LogP contribution in [-0.2, 0) is 4.79 Å². The molecule has 19 heavy (non-hydrogen) atoms. The minimum absolute atomic E-state index is 0.0528. The standard InChI is InChI=1S/C14H20FNO3/c1-11(10-17)9-16-14(18)3-2-8-19-13-6-4-12(15)5-7-13/h4-7,11,17H,2-3,8-10H2,1H3,(H,16,18). The van der Waals surface area contributed by atoms with Crippen LogP contribution in [0.25, 0.3) is 0 Å². The van der Waals surface area contributed by atoms with Crippen LogP contribution < -0.4 is 10.1 Å². The molecule has 4 nitrogen and oxygen atoms in total. The van der Waals surface area contributed by atoms with Crippen molar-refractivity contribution in [2.45, 2.75) is 19.8 Å². The van der Waals surface area contributed by atoms with E-state index in [2.05, 4.69) is 5.32 Å². The number of rotatable bonds is 8. The van der Waals surface area contributed by atoms with Crippen molar-refractivity contribution in [2.24, 2.45) is 5.92 Å². The van der Waals surface area contributed by atoms with Crippen LogP contribution in [0.5, 0.6) is 5.75 Å². The highest BCUT2D eigenvalue weighted by atomic mass is 19.1. The van der Waals surface area contributed by atoms with Crippen molar-refractivity contribution in [3.05, 3.63) is 30.1 Å². The van der Waals surface area contributed by atoms with Crippen molar-refractivity contribution in [3.8, 4) is 5.75 Å². The zero-order chi connectivity index (χ0) is 14.1. The summed E-state index contributed by atoms with van der Waals surface area (Å²) in [6.07, 6.45) is 0.968. The first kappa shape index (κ1) is 15.4. The van der Waals surface area contributed by atoms with Crippen LogP contribution in [0.4, 0.5) is 4.39 Å². The number of carbonyl (C=O) groups excluding carboxylic acids is 1. The molecule has 0 spiro atoms. The van der Waals surface area contributed by atoms with Gasteiger partial charge in [0.1, 0.15) is 11.6 Å². The number of ether oxygens (including phenoxy) is 1. The van der Waals surface area contributed by atoms with Crippen molar-refractivity contribution in [1.82, 2.24) is 5.32 Å². The minimum atomic E-state index is -0.301. The SMILES string of the molecule is CC(CO)CNC(=O)CCCOc1ccc(F)cc1. The Bertz CT molecular complexity index is 381. The fourth-order valence-corrected chi connectivity index (χ4v) is 1.39. The first-order chi connectivity index (χ1) is 9.11. The Morgan fingerprint density at radius 1 is 1.42 bits per heavy atom. The molecule has 0 heterocycles. The van der Waals surface area contributed by atoms with Gasteiger partial charge in [0.2, 0.25) is 5.91 Å². The second kappa shape index (κ2) is 8.48. The Labute approximate surface area is 112 Å². The van der Waals surface area contributed by atoms with Crippen molar-refractivity contribution >= 4 is 5.91 Å². The number of amides is 1. The molecule has 0 radical (unpaired) electrons. The molecule has 5 heteroatoms. The highest BCUT2D eigenvalue weighted by Gasteiger charge is 2.04. The van der Waals surface area contributed by atoms with Crippen molar-refractivity contribution in [3.63, 3.8) is 0 Å². The number of aliphatic hydroxyl groups excluding tert-OH is 1. The molecule has 1 aromatic carbocycles. The average Bonchev–Trinajstić information content (AvgIpc) is 2.42. The van der Waals surface area contributed by atoms with Gasteiger partial charge in [-0.2, -0.15) is 0 Å². The van der Waals surface area contributed by atoms with Crippen molar-refractivity contribution in [1.29, 1.82) is 0 Å². The van der Waals surface area contributed by atoms with Crippen LogP contribution in [0.15, 0.2) is 24.3 Å². The second-order valence-electron chi connectivity index (χ2n) is 4.50. The fourth-order valence-electron chi connectivity index (χ4n) is 1.39. The molecule has 0 aliphatic heterocycles. The van der Waals surface area contributed by atoms with E-state index < -0.39 is 0 Å². The summed E-state index contributed by atoms with van der Waals surface area (Å²) >= 11 is 0. The zero-order valence-corrected chi connectivity index (χ0v) is 11.1. The highest BCUT2D eigenvalue weighted by Crippen LogP contribution is 2.11. The van der Waals surface area contributed by atoms with E-state index in [0.29, 0.717) is 31.7 Å². The third-order valence-electron chi connectivity index (χ3n) is 2.59. The first-order valence-corrected chi connectivity index (χ1v) is 6.37. The van der Waals surface area contributed by atoms with Gasteiger partial charge in [-0.05, 0) is 36.6 Å². The van der Waals surface area contributed by atoms with E-state index in [-0.39, 0.29) is 24.2 Å². The van der Waals surface area contributed by atoms with Gasteiger partial charge >= 0.3 is 0 Å². The molecule has 0 aliphatic rings. The van der Waals surface area contributed by atoms with E-state index in [4.69, 9.17) is 9.84 Å². The Hall–Kier alpha value is -1.62. The van der Waals surface area contributed by atoms with E-state index in [0.717, 1.165) is 0 Å². The van der Waals surface area contributed by atoms with Gasteiger partial charge in [0.25, 0.3) is 0 Å². The topological polar surface area (TPSA) is 58.6 Å². The second-order valence-corrected chi connectivity index (χ2v) is 4.50. The normalized spacial score (nSPS) is 11.9. The van der Waals surface area contributed by atoms with E-state index in [9.17, 15) is 9.18 Å². The number of nitrogens with one attached hydrogen (secondary N) is 1. The monoisotopic (exact) mass is 269 g/mol. The van der Waals surface area contributed by atoms with Gasteiger partial charge in [-0.3, -0.25) is 4.79 Å². The first-order valence-electron chi connectivity index (χ1n) is 6.37. The summed E-state index contributed by atoms with van der Waals surface area (Å²) in [5, 5.41) is 11.5. The summed E-state index contributed by atoms with van der Waals surface area (Å²) in [6, 6.07) is 5.77. The van der Waals surface area contributed by atoms with E-state index in [1.165, 1.54) is 12.1 Å². The molecule has 1 amide bonds. The number of hydrogen-bond acceptors (Lipinski definition) is 3.